The SMILES string of the molecule is Cc1ccnc(NC=C(S(=O)(=O)c2ccccc2)S(=O)(=O)c2ccccc2)c1[N+](=O)[O-]. The summed E-state index contributed by atoms with van der Waals surface area (Å²) in [6, 6.07) is 15.5. The first kappa shape index (κ1) is 22.1. The molecule has 0 amide bonds. The van der Waals surface area contributed by atoms with Crippen molar-refractivity contribution in [2.24, 2.45) is 0 Å². The lowest BCUT2D eigenvalue weighted by Gasteiger charge is -2.12. The zero-order valence-electron chi connectivity index (χ0n) is 16.2. The van der Waals surface area contributed by atoms with Gasteiger partial charge in [0.1, 0.15) is 0 Å². The average molecular weight is 460 g/mol. The van der Waals surface area contributed by atoms with E-state index in [0.717, 1.165) is 6.20 Å². The molecule has 0 saturated heterocycles. The topological polar surface area (TPSA) is 136 Å². The van der Waals surface area contributed by atoms with Gasteiger partial charge in [0.25, 0.3) is 0 Å². The molecule has 1 heterocycles. The van der Waals surface area contributed by atoms with Gasteiger partial charge in [0.15, 0.2) is 4.24 Å². The third kappa shape index (κ3) is 4.47. The molecule has 0 aliphatic heterocycles. The van der Waals surface area contributed by atoms with E-state index >= 15 is 0 Å². The monoisotopic (exact) mass is 459 g/mol. The van der Waals surface area contributed by atoms with Gasteiger partial charge in [-0.2, -0.15) is 0 Å². The van der Waals surface area contributed by atoms with E-state index in [0.29, 0.717) is 0 Å². The Balaban J connectivity index is 2.21. The number of aryl methyl sites for hydroxylation is 1. The van der Waals surface area contributed by atoms with Crippen molar-refractivity contribution in [3.05, 3.63) is 99.0 Å². The van der Waals surface area contributed by atoms with Gasteiger partial charge in [0.2, 0.25) is 25.5 Å². The minimum atomic E-state index is -4.51. The molecule has 3 rings (SSSR count). The zero-order chi connectivity index (χ0) is 22.6. The molecule has 0 unspecified atom stereocenters. The van der Waals surface area contributed by atoms with Crippen molar-refractivity contribution in [3.8, 4) is 0 Å². The van der Waals surface area contributed by atoms with Gasteiger partial charge in [-0.05, 0) is 37.3 Å². The van der Waals surface area contributed by atoms with Gasteiger partial charge in [-0.15, -0.1) is 0 Å². The van der Waals surface area contributed by atoms with Crippen LogP contribution in [-0.2, 0) is 19.7 Å². The van der Waals surface area contributed by atoms with Crippen LogP contribution in [0.3, 0.4) is 0 Å². The molecule has 3 aromatic rings. The maximum atomic E-state index is 13.2. The lowest BCUT2D eigenvalue weighted by Crippen LogP contribution is -2.17. The van der Waals surface area contributed by atoms with Crippen molar-refractivity contribution >= 4 is 31.2 Å². The number of anilines is 1. The maximum Gasteiger partial charge on any atom is 0.314 e. The second kappa shape index (κ2) is 8.66. The fourth-order valence-electron chi connectivity index (χ4n) is 2.75. The largest absolute Gasteiger partial charge is 0.339 e. The van der Waals surface area contributed by atoms with Crippen LogP contribution < -0.4 is 5.32 Å². The van der Waals surface area contributed by atoms with E-state index in [1.807, 2.05) is 0 Å². The number of nitro groups is 1. The van der Waals surface area contributed by atoms with E-state index in [1.54, 1.807) is 12.1 Å². The summed E-state index contributed by atoms with van der Waals surface area (Å²) in [5, 5.41) is 13.8. The van der Waals surface area contributed by atoms with Crippen molar-refractivity contribution in [3.63, 3.8) is 0 Å². The standard InChI is InChI=1S/C20H17N3O6S2/c1-15-12-13-21-20(19(15)23(24)25)22-14-18(30(26,27)16-8-4-2-5-9-16)31(28,29)17-10-6-3-7-11-17/h2-14H,1H3,(H,21,22). The van der Waals surface area contributed by atoms with Crippen LogP contribution >= 0.6 is 0 Å². The summed E-state index contributed by atoms with van der Waals surface area (Å²) in [4.78, 5) is 14.1. The molecule has 0 bridgehead atoms. The molecule has 0 saturated carbocycles. The van der Waals surface area contributed by atoms with Crippen molar-refractivity contribution in [1.82, 2.24) is 4.98 Å². The summed E-state index contributed by atoms with van der Waals surface area (Å²) in [6.45, 7) is 1.48. The zero-order valence-corrected chi connectivity index (χ0v) is 17.8. The molecule has 11 heteroatoms. The lowest BCUT2D eigenvalue weighted by molar-refractivity contribution is -0.384. The summed E-state index contributed by atoms with van der Waals surface area (Å²) in [7, 11) is -9.01. The van der Waals surface area contributed by atoms with E-state index in [1.165, 1.54) is 67.7 Å². The predicted molar refractivity (Wildman–Crippen MR) is 115 cm³/mol. The molecule has 2 aromatic carbocycles. The van der Waals surface area contributed by atoms with Gasteiger partial charge < -0.3 is 5.32 Å². The Hall–Kier alpha value is -3.57. The first-order chi connectivity index (χ1) is 14.7. The number of hydrogen-bond donors (Lipinski definition) is 1. The molecule has 9 nitrogen and oxygen atoms in total. The number of nitrogens with one attached hydrogen (secondary N) is 1. The third-order valence-electron chi connectivity index (χ3n) is 4.27. The summed E-state index contributed by atoms with van der Waals surface area (Å²) in [5.41, 5.74) is -0.124. The Labute approximate surface area is 179 Å². The Bertz CT molecular complexity index is 1280. The maximum absolute atomic E-state index is 13.2. The second-order valence-electron chi connectivity index (χ2n) is 6.32. The number of benzene rings is 2. The number of sulfone groups is 2. The van der Waals surface area contributed by atoms with Crippen molar-refractivity contribution < 1.29 is 21.8 Å². The van der Waals surface area contributed by atoms with Gasteiger partial charge in [-0.1, -0.05) is 36.4 Å². The minimum Gasteiger partial charge on any atom is -0.339 e. The molecule has 160 valence electrons. The van der Waals surface area contributed by atoms with E-state index in [2.05, 4.69) is 10.3 Å². The number of nitrogens with zero attached hydrogens (tertiary/aromatic N) is 2. The summed E-state index contributed by atoms with van der Waals surface area (Å²) < 4.78 is 51.9. The minimum absolute atomic E-state index is 0.241. The van der Waals surface area contributed by atoms with Crippen LogP contribution in [0.2, 0.25) is 0 Å². The Morgan fingerprint density at radius 1 is 0.903 bits per heavy atom. The quantitative estimate of drug-likeness (QED) is 0.419. The van der Waals surface area contributed by atoms with Crippen molar-refractivity contribution in [2.45, 2.75) is 16.7 Å². The Kier molecular flexibility index (Phi) is 6.18. The van der Waals surface area contributed by atoms with Gasteiger partial charge in [0.05, 0.1) is 14.7 Å². The molecule has 31 heavy (non-hydrogen) atoms. The van der Waals surface area contributed by atoms with Crippen LogP contribution in [0.1, 0.15) is 5.56 Å². The van der Waals surface area contributed by atoms with Gasteiger partial charge in [0, 0.05) is 18.0 Å². The summed E-state index contributed by atoms with van der Waals surface area (Å²) in [5.74, 6) is -0.283. The number of aromatic nitrogens is 1. The lowest BCUT2D eigenvalue weighted by atomic mass is 10.2. The van der Waals surface area contributed by atoms with Crippen molar-refractivity contribution in [1.29, 1.82) is 0 Å². The van der Waals surface area contributed by atoms with Crippen LogP contribution in [0.4, 0.5) is 11.5 Å². The molecule has 0 aliphatic carbocycles. The fourth-order valence-corrected chi connectivity index (χ4v) is 6.40. The highest BCUT2D eigenvalue weighted by Crippen LogP contribution is 2.31. The molecule has 0 spiro atoms. The second-order valence-corrected chi connectivity index (χ2v) is 10.4. The molecule has 0 fully saturated rings. The van der Waals surface area contributed by atoms with E-state index < -0.39 is 34.5 Å². The first-order valence-electron chi connectivity index (χ1n) is 8.82. The first-order valence-corrected chi connectivity index (χ1v) is 11.8. The highest BCUT2D eigenvalue weighted by molar-refractivity contribution is 8.14. The predicted octanol–water partition coefficient (Wildman–Crippen LogP) is 3.46. The molecular weight excluding hydrogens is 442 g/mol. The normalized spacial score (nSPS) is 11.5. The Morgan fingerprint density at radius 2 is 1.39 bits per heavy atom. The van der Waals surface area contributed by atoms with Gasteiger partial charge in [-0.25, -0.2) is 21.8 Å². The molecule has 1 N–H and O–H groups in total. The number of rotatable bonds is 7. The number of hydrogen-bond acceptors (Lipinski definition) is 8. The van der Waals surface area contributed by atoms with Crippen LogP contribution in [-0.4, -0.2) is 26.7 Å². The summed E-state index contributed by atoms with van der Waals surface area (Å²) >= 11 is 0. The van der Waals surface area contributed by atoms with E-state index in [9.17, 15) is 26.9 Å². The fraction of sp³-hybridized carbons (Fsp3) is 0.0500. The van der Waals surface area contributed by atoms with Crippen LogP contribution in [0.25, 0.3) is 0 Å². The summed E-state index contributed by atoms with van der Waals surface area (Å²) in [6.07, 6.45) is 2.01. The highest BCUT2D eigenvalue weighted by Gasteiger charge is 2.34. The molecule has 0 radical (unpaired) electrons. The average Bonchev–Trinajstić information content (AvgIpc) is 2.74. The Morgan fingerprint density at radius 3 is 1.84 bits per heavy atom. The van der Waals surface area contributed by atoms with E-state index in [-0.39, 0.29) is 21.2 Å². The molecule has 1 aromatic heterocycles. The smallest absolute Gasteiger partial charge is 0.314 e. The molecule has 0 atom stereocenters. The van der Waals surface area contributed by atoms with Crippen LogP contribution in [0.15, 0.2) is 93.2 Å². The molecule has 0 aliphatic rings. The van der Waals surface area contributed by atoms with E-state index in [4.69, 9.17) is 0 Å². The third-order valence-corrected chi connectivity index (χ3v) is 8.67. The van der Waals surface area contributed by atoms with Crippen LogP contribution in [0, 0.1) is 17.0 Å². The highest BCUT2D eigenvalue weighted by atomic mass is 32.3. The van der Waals surface area contributed by atoms with Crippen LogP contribution in [0.5, 0.6) is 0 Å². The number of pyridine rings is 1. The van der Waals surface area contributed by atoms with Gasteiger partial charge in [-0.3, -0.25) is 10.1 Å². The van der Waals surface area contributed by atoms with Gasteiger partial charge >= 0.3 is 5.69 Å². The molecular formula is C20H17N3O6S2. The van der Waals surface area contributed by atoms with Crippen molar-refractivity contribution in [2.75, 3.05) is 5.32 Å².